The standard InChI is InChI=1S/C24H40O6/c1-8-16-10-9-11-24(7)19(30-24)12-17(14(2)3)29-20(26)13-18(25)23(5,6)22(28)15(4)21(16)27/h15-19,21,25,27H,2,8-13H2,1,3-7H3/t15-,16?,17+,18+,19+,21-,24-/m1/s1. The number of hydrogen-bond donors (Lipinski definition) is 2. The Balaban J connectivity index is 2.27. The molecular formula is C24H40O6. The van der Waals surface area contributed by atoms with Crippen LogP contribution in [-0.4, -0.2) is 52.0 Å². The number of ether oxygens (including phenoxy) is 2. The van der Waals surface area contributed by atoms with Crippen LogP contribution in [0.5, 0.6) is 0 Å². The van der Waals surface area contributed by atoms with Crippen molar-refractivity contribution in [3.63, 3.8) is 0 Å². The number of Topliss-reactive ketones (excluding diaryl/α,β-unsaturated/α-hetero) is 1. The Morgan fingerprint density at radius 3 is 2.43 bits per heavy atom. The molecule has 172 valence electrons. The largest absolute Gasteiger partial charge is 0.458 e. The zero-order chi connectivity index (χ0) is 22.9. The third-order valence-corrected chi connectivity index (χ3v) is 7.30. The maximum absolute atomic E-state index is 13.1. The van der Waals surface area contributed by atoms with Crippen molar-refractivity contribution in [2.45, 2.75) is 110 Å². The summed E-state index contributed by atoms with van der Waals surface area (Å²) in [6, 6.07) is 0. The van der Waals surface area contributed by atoms with Crippen molar-refractivity contribution in [3.05, 3.63) is 12.2 Å². The molecule has 7 atom stereocenters. The van der Waals surface area contributed by atoms with Gasteiger partial charge in [0.25, 0.3) is 0 Å². The lowest BCUT2D eigenvalue weighted by Crippen LogP contribution is -2.46. The third kappa shape index (κ3) is 5.51. The van der Waals surface area contributed by atoms with E-state index in [1.54, 1.807) is 20.8 Å². The van der Waals surface area contributed by atoms with Crippen molar-refractivity contribution in [1.82, 2.24) is 0 Å². The first-order valence-electron chi connectivity index (χ1n) is 11.3. The maximum Gasteiger partial charge on any atom is 0.309 e. The van der Waals surface area contributed by atoms with E-state index in [9.17, 15) is 19.8 Å². The number of ketones is 1. The van der Waals surface area contributed by atoms with Gasteiger partial charge in [-0.15, -0.1) is 0 Å². The van der Waals surface area contributed by atoms with Gasteiger partial charge in [0.05, 0.1) is 35.7 Å². The molecule has 1 unspecified atom stereocenters. The lowest BCUT2D eigenvalue weighted by molar-refractivity contribution is -0.154. The van der Waals surface area contributed by atoms with Gasteiger partial charge in [-0.05, 0) is 38.2 Å². The fraction of sp³-hybridized carbons (Fsp3) is 0.833. The zero-order valence-electron chi connectivity index (χ0n) is 19.4. The Hall–Kier alpha value is -1.24. The van der Waals surface area contributed by atoms with E-state index < -0.39 is 35.6 Å². The summed E-state index contributed by atoms with van der Waals surface area (Å²) >= 11 is 0. The zero-order valence-corrected chi connectivity index (χ0v) is 19.4. The second kappa shape index (κ2) is 9.49. The second-order valence-electron chi connectivity index (χ2n) is 10.1. The molecule has 0 saturated carbocycles. The first-order chi connectivity index (χ1) is 13.8. The van der Waals surface area contributed by atoms with Gasteiger partial charge in [0.1, 0.15) is 11.9 Å². The van der Waals surface area contributed by atoms with Gasteiger partial charge in [-0.3, -0.25) is 9.59 Å². The average Bonchev–Trinajstić information content (AvgIpc) is 3.31. The molecule has 0 aromatic heterocycles. The summed E-state index contributed by atoms with van der Waals surface area (Å²) in [6.07, 6.45) is 1.09. The van der Waals surface area contributed by atoms with E-state index in [4.69, 9.17) is 9.47 Å². The molecule has 6 heteroatoms. The van der Waals surface area contributed by atoms with Crippen molar-refractivity contribution >= 4 is 11.8 Å². The number of aliphatic hydroxyl groups is 2. The van der Waals surface area contributed by atoms with Crippen LogP contribution >= 0.6 is 0 Å². The predicted molar refractivity (Wildman–Crippen MR) is 115 cm³/mol. The Bertz CT molecular complexity index is 656. The number of carbonyl (C=O) groups is 2. The van der Waals surface area contributed by atoms with E-state index in [1.165, 1.54) is 0 Å². The highest BCUT2D eigenvalue weighted by Crippen LogP contribution is 2.45. The van der Waals surface area contributed by atoms with E-state index in [0.29, 0.717) is 6.42 Å². The fourth-order valence-electron chi connectivity index (χ4n) is 4.62. The van der Waals surface area contributed by atoms with Gasteiger partial charge in [0.2, 0.25) is 0 Å². The molecule has 2 fully saturated rings. The first-order valence-corrected chi connectivity index (χ1v) is 11.3. The monoisotopic (exact) mass is 424 g/mol. The van der Waals surface area contributed by atoms with Gasteiger partial charge in [-0.25, -0.2) is 0 Å². The number of esters is 1. The van der Waals surface area contributed by atoms with Crippen LogP contribution in [0.15, 0.2) is 12.2 Å². The number of hydrogen-bond acceptors (Lipinski definition) is 6. The molecule has 2 aliphatic heterocycles. The molecule has 0 aliphatic carbocycles. The van der Waals surface area contributed by atoms with Crippen LogP contribution in [-0.2, 0) is 19.1 Å². The van der Waals surface area contributed by atoms with Crippen LogP contribution in [0, 0.1) is 17.3 Å². The van der Waals surface area contributed by atoms with Gasteiger partial charge in [0.15, 0.2) is 0 Å². The minimum absolute atomic E-state index is 0.00117. The van der Waals surface area contributed by atoms with Gasteiger partial charge in [-0.1, -0.05) is 47.1 Å². The van der Waals surface area contributed by atoms with Crippen molar-refractivity contribution < 1.29 is 29.3 Å². The number of rotatable bonds is 2. The molecule has 0 amide bonds. The highest BCUT2D eigenvalue weighted by molar-refractivity contribution is 5.88. The number of carbonyl (C=O) groups excluding carboxylic acids is 2. The van der Waals surface area contributed by atoms with Gasteiger partial charge in [-0.2, -0.15) is 0 Å². The lowest BCUT2D eigenvalue weighted by atomic mass is 9.72. The molecule has 2 saturated heterocycles. The van der Waals surface area contributed by atoms with Crippen LogP contribution < -0.4 is 0 Å². The smallest absolute Gasteiger partial charge is 0.309 e. The molecule has 6 nitrogen and oxygen atoms in total. The van der Waals surface area contributed by atoms with Gasteiger partial charge < -0.3 is 19.7 Å². The van der Waals surface area contributed by atoms with Crippen LogP contribution in [0.4, 0.5) is 0 Å². The number of fused-ring (bicyclic) bond motifs is 1. The van der Waals surface area contributed by atoms with Crippen LogP contribution in [0.3, 0.4) is 0 Å². The van der Waals surface area contributed by atoms with Crippen LogP contribution in [0.25, 0.3) is 0 Å². The van der Waals surface area contributed by atoms with E-state index >= 15 is 0 Å². The Morgan fingerprint density at radius 2 is 1.87 bits per heavy atom. The van der Waals surface area contributed by atoms with Crippen LogP contribution in [0.2, 0.25) is 0 Å². The normalized spacial score (nSPS) is 40.9. The molecule has 2 aliphatic rings. The van der Waals surface area contributed by atoms with Crippen molar-refractivity contribution in [2.75, 3.05) is 0 Å². The van der Waals surface area contributed by atoms with Gasteiger partial charge >= 0.3 is 5.97 Å². The van der Waals surface area contributed by atoms with Crippen molar-refractivity contribution in [2.24, 2.45) is 17.3 Å². The average molecular weight is 425 g/mol. The molecular weight excluding hydrogens is 384 g/mol. The number of cyclic esters (lactones) is 1. The summed E-state index contributed by atoms with van der Waals surface area (Å²) in [7, 11) is 0. The molecule has 0 aromatic rings. The summed E-state index contributed by atoms with van der Waals surface area (Å²) in [5.41, 5.74) is -0.704. The first kappa shape index (κ1) is 25.0. The second-order valence-corrected chi connectivity index (χ2v) is 10.1. The predicted octanol–water partition coefficient (Wildman–Crippen LogP) is 3.58. The molecule has 2 N–H and O–H groups in total. The lowest BCUT2D eigenvalue weighted by Gasteiger charge is -2.35. The highest BCUT2D eigenvalue weighted by atomic mass is 16.6. The molecule has 30 heavy (non-hydrogen) atoms. The fourth-order valence-corrected chi connectivity index (χ4v) is 4.62. The molecule has 0 spiro atoms. The van der Waals surface area contributed by atoms with E-state index in [1.807, 2.05) is 13.8 Å². The van der Waals surface area contributed by atoms with E-state index in [-0.39, 0.29) is 29.8 Å². The third-order valence-electron chi connectivity index (χ3n) is 7.30. The molecule has 0 bridgehead atoms. The number of aliphatic hydroxyl groups excluding tert-OH is 2. The summed E-state index contributed by atoms with van der Waals surface area (Å²) in [6.45, 7) is 14.8. The number of epoxide rings is 1. The summed E-state index contributed by atoms with van der Waals surface area (Å²) in [4.78, 5) is 25.6. The minimum atomic E-state index is -1.20. The Kier molecular flexibility index (Phi) is 7.92. The summed E-state index contributed by atoms with van der Waals surface area (Å²) in [5.74, 6) is -1.44. The molecule has 2 heterocycles. The van der Waals surface area contributed by atoms with E-state index in [0.717, 1.165) is 31.3 Å². The Morgan fingerprint density at radius 1 is 1.23 bits per heavy atom. The molecule has 0 radical (unpaired) electrons. The maximum atomic E-state index is 13.1. The van der Waals surface area contributed by atoms with Crippen LogP contribution in [0.1, 0.15) is 80.1 Å². The minimum Gasteiger partial charge on any atom is -0.458 e. The SMILES string of the molecule is C=C(C)[C@@H]1C[C@@H]2O[C@]2(C)CCCC(CC)[C@H](O)[C@@H](C)C(=O)C(C)(C)[C@@H](O)CC(=O)O1. The topological polar surface area (TPSA) is 96.4 Å². The van der Waals surface area contributed by atoms with E-state index in [2.05, 4.69) is 13.5 Å². The van der Waals surface area contributed by atoms with Crippen molar-refractivity contribution in [3.8, 4) is 0 Å². The molecule has 0 aromatic carbocycles. The Labute approximate surface area is 181 Å². The molecule has 2 rings (SSSR count). The highest BCUT2D eigenvalue weighted by Gasteiger charge is 2.53. The van der Waals surface area contributed by atoms with Crippen molar-refractivity contribution in [1.29, 1.82) is 0 Å². The summed E-state index contributed by atoms with van der Waals surface area (Å²) < 4.78 is 11.5. The van der Waals surface area contributed by atoms with Gasteiger partial charge in [0, 0.05) is 12.3 Å². The quantitative estimate of drug-likeness (QED) is 0.400. The summed E-state index contributed by atoms with van der Waals surface area (Å²) in [5, 5.41) is 21.6.